The number of nitrogens with zero attached hydrogens (tertiary/aromatic N) is 1. The Balaban J connectivity index is -0.000000103. The fraction of sp³-hybridized carbons (Fsp3) is 0.667. The van der Waals surface area contributed by atoms with E-state index in [-0.39, 0.29) is 0 Å². The Kier molecular flexibility index (Phi) is 44.6. The maximum atomic E-state index is 4.15. The Labute approximate surface area is 104 Å². The van der Waals surface area contributed by atoms with Gasteiger partial charge in [0.25, 0.3) is 0 Å². The molecule has 0 aromatic rings. The third-order valence-electron chi connectivity index (χ3n) is 1.34. The van der Waals surface area contributed by atoms with E-state index in [0.29, 0.717) is 0 Å². The van der Waals surface area contributed by atoms with E-state index < -0.39 is 0 Å². The van der Waals surface area contributed by atoms with Crippen LogP contribution >= 0.6 is 0 Å². The lowest BCUT2D eigenvalue weighted by molar-refractivity contribution is 1.09. The van der Waals surface area contributed by atoms with Crippen molar-refractivity contribution in [2.75, 3.05) is 0 Å². The van der Waals surface area contributed by atoms with Gasteiger partial charge in [0.05, 0.1) is 0 Å². The van der Waals surface area contributed by atoms with Crippen LogP contribution in [0.15, 0.2) is 29.4 Å². The Morgan fingerprint density at radius 3 is 1.62 bits per heavy atom. The monoisotopic (exact) mass is 227 g/mol. The van der Waals surface area contributed by atoms with Crippen LogP contribution in [0, 0.1) is 0 Å². The molecule has 0 amide bonds. The molecule has 0 unspecified atom stereocenters. The molecule has 0 N–H and O–H groups in total. The number of hydrogen-bond donors (Lipinski definition) is 0. The summed E-state index contributed by atoms with van der Waals surface area (Å²) in [6.07, 6.45) is 4.70. The van der Waals surface area contributed by atoms with Gasteiger partial charge in [-0.3, -0.25) is 4.99 Å². The second kappa shape index (κ2) is 29.2. The van der Waals surface area contributed by atoms with Gasteiger partial charge >= 0.3 is 0 Å². The average Bonchev–Trinajstić information content (AvgIpc) is 2.42. The summed E-state index contributed by atoms with van der Waals surface area (Å²) in [6.45, 7) is 21.7. The lowest BCUT2D eigenvalue weighted by atomic mass is 10.3. The van der Waals surface area contributed by atoms with Crippen molar-refractivity contribution in [3.05, 3.63) is 24.4 Å². The topological polar surface area (TPSA) is 12.4 Å². The van der Waals surface area contributed by atoms with E-state index in [2.05, 4.69) is 25.4 Å². The van der Waals surface area contributed by atoms with E-state index in [1.807, 2.05) is 54.7 Å². The zero-order valence-corrected chi connectivity index (χ0v) is 13.0. The van der Waals surface area contributed by atoms with Crippen LogP contribution in [-0.2, 0) is 0 Å². The van der Waals surface area contributed by atoms with Crippen molar-refractivity contribution in [3.63, 3.8) is 0 Å². The van der Waals surface area contributed by atoms with Gasteiger partial charge in [0.1, 0.15) is 0 Å². The standard InChI is InChI=1S/C9H15N.3C2H6/c1-5-8(3)7-10-9(4)6-2;3*1-2/h6-7H,2,5H2,1,3-4H3;3*1-2H3/b8-7+,10-9?;;;. The van der Waals surface area contributed by atoms with Crippen molar-refractivity contribution in [1.82, 2.24) is 0 Å². The van der Waals surface area contributed by atoms with Gasteiger partial charge in [0, 0.05) is 11.9 Å². The first-order valence-electron chi connectivity index (χ1n) is 6.53. The quantitative estimate of drug-likeness (QED) is 0.522. The van der Waals surface area contributed by atoms with Crippen LogP contribution in [0.5, 0.6) is 0 Å². The van der Waals surface area contributed by atoms with Gasteiger partial charge in [-0.1, -0.05) is 60.6 Å². The van der Waals surface area contributed by atoms with Gasteiger partial charge in [0.2, 0.25) is 0 Å². The fourth-order valence-electron chi connectivity index (χ4n) is 0.356. The molecule has 0 spiro atoms. The van der Waals surface area contributed by atoms with Crippen molar-refractivity contribution in [2.45, 2.75) is 68.7 Å². The summed E-state index contributed by atoms with van der Waals surface area (Å²) in [7, 11) is 0. The maximum Gasteiger partial charge on any atom is 0.0366 e. The van der Waals surface area contributed by atoms with Crippen molar-refractivity contribution < 1.29 is 0 Å². The van der Waals surface area contributed by atoms with Crippen LogP contribution in [0.25, 0.3) is 0 Å². The number of rotatable bonds is 3. The third kappa shape index (κ3) is 29.2. The third-order valence-corrected chi connectivity index (χ3v) is 1.34. The van der Waals surface area contributed by atoms with E-state index in [1.165, 1.54) is 5.57 Å². The normalized spacial score (nSPS) is 9.56. The highest BCUT2D eigenvalue weighted by atomic mass is 14.7. The van der Waals surface area contributed by atoms with Crippen molar-refractivity contribution >= 4 is 5.71 Å². The minimum absolute atomic E-state index is 0.966. The molecule has 0 fully saturated rings. The van der Waals surface area contributed by atoms with Gasteiger partial charge in [-0.05, 0) is 26.3 Å². The Morgan fingerprint density at radius 1 is 1.00 bits per heavy atom. The molecule has 0 aliphatic carbocycles. The SMILES string of the molecule is C=CC(C)=N/C=C(\C)CC.CC.CC.CC. The molecular weight excluding hydrogens is 194 g/mol. The van der Waals surface area contributed by atoms with Crippen LogP contribution in [-0.4, -0.2) is 5.71 Å². The molecule has 0 aromatic carbocycles. The van der Waals surface area contributed by atoms with E-state index in [1.54, 1.807) is 6.08 Å². The molecule has 0 aromatic heterocycles. The van der Waals surface area contributed by atoms with Crippen LogP contribution < -0.4 is 0 Å². The highest BCUT2D eigenvalue weighted by Gasteiger charge is 1.80. The predicted molar refractivity (Wildman–Crippen MR) is 81.4 cm³/mol. The summed E-state index contributed by atoms with van der Waals surface area (Å²) < 4.78 is 0. The highest BCUT2D eigenvalue weighted by molar-refractivity contribution is 5.92. The van der Waals surface area contributed by atoms with Gasteiger partial charge in [0.15, 0.2) is 0 Å². The molecule has 0 aliphatic rings. The van der Waals surface area contributed by atoms with Gasteiger partial charge in [-0.25, -0.2) is 0 Å². The summed E-state index contributed by atoms with van der Waals surface area (Å²) in [5.74, 6) is 0. The molecule has 0 saturated carbocycles. The van der Waals surface area contributed by atoms with Crippen LogP contribution in [0.3, 0.4) is 0 Å². The molecule has 0 rings (SSSR count). The van der Waals surface area contributed by atoms with Gasteiger partial charge in [-0.15, -0.1) is 0 Å². The Bertz CT molecular complexity index is 164. The maximum absolute atomic E-state index is 4.15. The van der Waals surface area contributed by atoms with Crippen LogP contribution in [0.4, 0.5) is 0 Å². The number of aliphatic imine (C=N–C) groups is 1. The summed E-state index contributed by atoms with van der Waals surface area (Å²) >= 11 is 0. The number of allylic oxidation sites excluding steroid dienone is 2. The van der Waals surface area contributed by atoms with Crippen LogP contribution in [0.2, 0.25) is 0 Å². The van der Waals surface area contributed by atoms with Crippen molar-refractivity contribution in [2.24, 2.45) is 4.99 Å². The first-order valence-corrected chi connectivity index (χ1v) is 6.53. The molecule has 0 atom stereocenters. The number of hydrogen-bond acceptors (Lipinski definition) is 1. The summed E-state index contributed by atoms with van der Waals surface area (Å²) in [4.78, 5) is 4.15. The van der Waals surface area contributed by atoms with E-state index in [0.717, 1.165) is 12.1 Å². The average molecular weight is 227 g/mol. The minimum Gasteiger partial charge on any atom is -0.262 e. The molecule has 98 valence electrons. The molecule has 0 heterocycles. The minimum atomic E-state index is 0.966. The Hall–Kier alpha value is -0.850. The van der Waals surface area contributed by atoms with Crippen LogP contribution in [0.1, 0.15) is 68.7 Å². The second-order valence-corrected chi connectivity index (χ2v) is 2.30. The molecule has 0 aliphatic heterocycles. The van der Waals surface area contributed by atoms with Gasteiger partial charge in [-0.2, -0.15) is 0 Å². The first kappa shape index (κ1) is 24.4. The summed E-state index contributed by atoms with van der Waals surface area (Å²) in [5.41, 5.74) is 2.26. The summed E-state index contributed by atoms with van der Waals surface area (Å²) in [6, 6.07) is 0. The van der Waals surface area contributed by atoms with E-state index >= 15 is 0 Å². The molecular formula is C15H33N. The first-order chi connectivity index (χ1) is 7.70. The second-order valence-electron chi connectivity index (χ2n) is 2.30. The fourth-order valence-corrected chi connectivity index (χ4v) is 0.356. The molecule has 0 bridgehead atoms. The van der Waals surface area contributed by atoms with Gasteiger partial charge < -0.3 is 0 Å². The molecule has 16 heavy (non-hydrogen) atoms. The van der Waals surface area contributed by atoms with Crippen molar-refractivity contribution in [1.29, 1.82) is 0 Å². The van der Waals surface area contributed by atoms with E-state index in [9.17, 15) is 0 Å². The lowest BCUT2D eigenvalue weighted by Crippen LogP contribution is -1.80. The molecule has 1 heteroatoms. The van der Waals surface area contributed by atoms with E-state index in [4.69, 9.17) is 0 Å². The predicted octanol–water partition coefficient (Wildman–Crippen LogP) is 6.03. The molecule has 1 nitrogen and oxygen atoms in total. The summed E-state index contributed by atoms with van der Waals surface area (Å²) in [5, 5.41) is 0. The zero-order valence-electron chi connectivity index (χ0n) is 13.0. The smallest absolute Gasteiger partial charge is 0.0366 e. The lowest BCUT2D eigenvalue weighted by Gasteiger charge is -1.90. The molecule has 0 saturated heterocycles. The largest absolute Gasteiger partial charge is 0.262 e. The highest BCUT2D eigenvalue weighted by Crippen LogP contribution is 1.97. The zero-order chi connectivity index (χ0) is 14.0. The van der Waals surface area contributed by atoms with Crippen molar-refractivity contribution in [3.8, 4) is 0 Å². The molecule has 0 radical (unpaired) electrons. The Morgan fingerprint density at radius 2 is 1.38 bits per heavy atom.